The van der Waals surface area contributed by atoms with Gasteiger partial charge in [0.05, 0.1) is 11.2 Å². The predicted octanol–water partition coefficient (Wildman–Crippen LogP) is 4.30. The predicted molar refractivity (Wildman–Crippen MR) is 146 cm³/mol. The number of fused-ring (bicyclic) bond motifs is 1. The fourth-order valence-electron chi connectivity index (χ4n) is 4.89. The summed E-state index contributed by atoms with van der Waals surface area (Å²) in [6.07, 6.45) is 4.88. The SMILES string of the molecule is Cc1cc(NC(=O)NCCN2CCC(N(C)C(=O)c3ccc(-n4cccc4)cc3)C2)c2ccccc2n1. The number of hydrogen-bond donors (Lipinski definition) is 2. The summed E-state index contributed by atoms with van der Waals surface area (Å²) in [5, 5.41) is 6.83. The number of amides is 3. The first-order valence-corrected chi connectivity index (χ1v) is 12.6. The molecule has 3 heterocycles. The van der Waals surface area contributed by atoms with Gasteiger partial charge in [0.15, 0.2) is 0 Å². The number of pyridine rings is 1. The molecular weight excluding hydrogens is 464 g/mol. The lowest BCUT2D eigenvalue weighted by atomic mass is 10.1. The van der Waals surface area contributed by atoms with Crippen LogP contribution in [-0.4, -0.2) is 70.6 Å². The molecule has 8 heteroatoms. The average Bonchev–Trinajstić information content (AvgIpc) is 3.61. The molecule has 1 saturated heterocycles. The molecule has 0 saturated carbocycles. The second kappa shape index (κ2) is 10.8. The van der Waals surface area contributed by atoms with E-state index in [0.717, 1.165) is 54.0 Å². The van der Waals surface area contributed by atoms with Gasteiger partial charge < -0.3 is 20.1 Å². The number of para-hydroxylation sites is 1. The van der Waals surface area contributed by atoms with Gasteiger partial charge in [0, 0.05) is 74.0 Å². The summed E-state index contributed by atoms with van der Waals surface area (Å²) >= 11 is 0. The van der Waals surface area contributed by atoms with E-state index in [4.69, 9.17) is 0 Å². The maximum absolute atomic E-state index is 13.1. The van der Waals surface area contributed by atoms with Crippen molar-refractivity contribution in [1.82, 2.24) is 24.7 Å². The Morgan fingerprint density at radius 3 is 2.59 bits per heavy atom. The van der Waals surface area contributed by atoms with E-state index in [-0.39, 0.29) is 18.0 Å². The van der Waals surface area contributed by atoms with Crippen LogP contribution < -0.4 is 10.6 Å². The van der Waals surface area contributed by atoms with E-state index >= 15 is 0 Å². The third kappa shape index (κ3) is 5.65. The van der Waals surface area contributed by atoms with Crippen LogP contribution in [0.4, 0.5) is 10.5 Å². The van der Waals surface area contributed by atoms with E-state index in [9.17, 15) is 9.59 Å². The summed E-state index contributed by atoms with van der Waals surface area (Å²) in [5.41, 5.74) is 4.18. The van der Waals surface area contributed by atoms with Gasteiger partial charge in [0.1, 0.15) is 0 Å². The minimum atomic E-state index is -0.234. The second-order valence-electron chi connectivity index (χ2n) is 9.51. The Morgan fingerprint density at radius 2 is 1.81 bits per heavy atom. The highest BCUT2D eigenvalue weighted by Crippen LogP contribution is 2.23. The third-order valence-electron chi connectivity index (χ3n) is 6.94. The van der Waals surface area contributed by atoms with Crippen LogP contribution in [0, 0.1) is 6.92 Å². The molecule has 0 aliphatic carbocycles. The molecule has 1 atom stereocenters. The molecule has 0 spiro atoms. The summed E-state index contributed by atoms with van der Waals surface area (Å²) in [6.45, 7) is 4.86. The number of carbonyl (C=O) groups is 2. The topological polar surface area (TPSA) is 82.5 Å². The van der Waals surface area contributed by atoms with Gasteiger partial charge in [-0.2, -0.15) is 0 Å². The van der Waals surface area contributed by atoms with Crippen molar-refractivity contribution in [3.63, 3.8) is 0 Å². The van der Waals surface area contributed by atoms with E-state index in [1.54, 1.807) is 0 Å². The Labute approximate surface area is 216 Å². The Balaban J connectivity index is 1.09. The molecule has 8 nitrogen and oxygen atoms in total. The zero-order valence-corrected chi connectivity index (χ0v) is 21.2. The Morgan fingerprint density at radius 1 is 1.05 bits per heavy atom. The molecule has 1 aliphatic heterocycles. The van der Waals surface area contributed by atoms with E-state index in [0.29, 0.717) is 12.1 Å². The molecule has 1 unspecified atom stereocenters. The average molecular weight is 497 g/mol. The van der Waals surface area contributed by atoms with Gasteiger partial charge >= 0.3 is 6.03 Å². The highest BCUT2D eigenvalue weighted by molar-refractivity contribution is 6.00. The van der Waals surface area contributed by atoms with Gasteiger partial charge in [-0.05, 0) is 61.9 Å². The van der Waals surface area contributed by atoms with Gasteiger partial charge in [0.25, 0.3) is 5.91 Å². The van der Waals surface area contributed by atoms with Gasteiger partial charge in [-0.25, -0.2) is 4.79 Å². The zero-order chi connectivity index (χ0) is 25.8. The molecule has 0 bridgehead atoms. The number of benzene rings is 2. The number of hydrogen-bond acceptors (Lipinski definition) is 4. The van der Waals surface area contributed by atoms with Crippen LogP contribution in [-0.2, 0) is 0 Å². The summed E-state index contributed by atoms with van der Waals surface area (Å²) in [7, 11) is 1.88. The van der Waals surface area contributed by atoms with E-state index in [1.807, 2.05) is 103 Å². The lowest BCUT2D eigenvalue weighted by molar-refractivity contribution is 0.0735. The van der Waals surface area contributed by atoms with Gasteiger partial charge in [-0.3, -0.25) is 14.7 Å². The third-order valence-corrected chi connectivity index (χ3v) is 6.94. The first-order valence-electron chi connectivity index (χ1n) is 12.6. The summed E-state index contributed by atoms with van der Waals surface area (Å²) in [6, 6.07) is 21.2. The van der Waals surface area contributed by atoms with E-state index in [1.165, 1.54) is 0 Å². The molecule has 2 aromatic carbocycles. The minimum absolute atomic E-state index is 0.0308. The van der Waals surface area contributed by atoms with Gasteiger partial charge in [-0.15, -0.1) is 0 Å². The number of nitrogens with zero attached hydrogens (tertiary/aromatic N) is 4. The van der Waals surface area contributed by atoms with Crippen LogP contribution in [0.5, 0.6) is 0 Å². The van der Waals surface area contributed by atoms with Gasteiger partial charge in [0.2, 0.25) is 0 Å². The normalized spacial score (nSPS) is 15.6. The van der Waals surface area contributed by atoms with Crippen molar-refractivity contribution in [1.29, 1.82) is 0 Å². The minimum Gasteiger partial charge on any atom is -0.337 e. The molecule has 0 radical (unpaired) electrons. The zero-order valence-electron chi connectivity index (χ0n) is 21.2. The van der Waals surface area contributed by atoms with Crippen molar-refractivity contribution in [3.05, 3.63) is 90.4 Å². The number of rotatable bonds is 7. The number of likely N-dealkylation sites (N-methyl/N-ethyl adjacent to an activating group) is 1. The standard InChI is InChI=1S/C29H32N6O2/c1-21-19-27(25-7-3-4-8-26(25)31-21)32-29(37)30-14-18-34-17-13-24(20-34)33(2)28(36)22-9-11-23(12-10-22)35-15-5-6-16-35/h3-12,15-16,19,24H,13-14,17-18,20H2,1-2H3,(H2,30,31,32,37). The molecule has 3 amide bonds. The molecule has 4 aromatic rings. The highest BCUT2D eigenvalue weighted by Gasteiger charge is 2.28. The molecular formula is C29H32N6O2. The molecule has 2 aromatic heterocycles. The van der Waals surface area contributed by atoms with E-state index < -0.39 is 0 Å². The number of nitrogens with one attached hydrogen (secondary N) is 2. The summed E-state index contributed by atoms with van der Waals surface area (Å²) in [5.74, 6) is 0.0308. The first-order chi connectivity index (χ1) is 18.0. The number of likely N-dealkylation sites (tertiary alicyclic amines) is 1. The van der Waals surface area contributed by atoms with Crippen molar-refractivity contribution in [2.45, 2.75) is 19.4 Å². The fourth-order valence-corrected chi connectivity index (χ4v) is 4.89. The lowest BCUT2D eigenvalue weighted by Gasteiger charge is -2.25. The van der Waals surface area contributed by atoms with Crippen molar-refractivity contribution >= 4 is 28.5 Å². The van der Waals surface area contributed by atoms with E-state index in [2.05, 4.69) is 20.5 Å². The maximum Gasteiger partial charge on any atom is 0.319 e. The summed E-state index contributed by atoms with van der Waals surface area (Å²) in [4.78, 5) is 34.3. The number of aromatic nitrogens is 2. The van der Waals surface area contributed by atoms with Crippen LogP contribution in [0.15, 0.2) is 79.1 Å². The fraction of sp³-hybridized carbons (Fsp3) is 0.276. The Hall–Kier alpha value is -4.17. The van der Waals surface area contributed by atoms with Crippen LogP contribution in [0.2, 0.25) is 0 Å². The largest absolute Gasteiger partial charge is 0.337 e. The van der Waals surface area contributed by atoms with Crippen LogP contribution in [0.3, 0.4) is 0 Å². The van der Waals surface area contributed by atoms with Crippen LogP contribution in [0.25, 0.3) is 16.6 Å². The van der Waals surface area contributed by atoms with Crippen LogP contribution in [0.1, 0.15) is 22.5 Å². The molecule has 190 valence electrons. The first kappa shape index (κ1) is 24.5. The molecule has 37 heavy (non-hydrogen) atoms. The lowest BCUT2D eigenvalue weighted by Crippen LogP contribution is -2.40. The van der Waals surface area contributed by atoms with Crippen molar-refractivity contribution < 1.29 is 9.59 Å². The molecule has 1 aliphatic rings. The quantitative estimate of drug-likeness (QED) is 0.400. The molecule has 1 fully saturated rings. The summed E-state index contributed by atoms with van der Waals surface area (Å²) < 4.78 is 2.02. The smallest absolute Gasteiger partial charge is 0.319 e. The highest BCUT2D eigenvalue weighted by atomic mass is 16.2. The van der Waals surface area contributed by atoms with Crippen molar-refractivity contribution in [3.8, 4) is 5.69 Å². The number of urea groups is 1. The molecule has 2 N–H and O–H groups in total. The molecule has 5 rings (SSSR count). The Kier molecular flexibility index (Phi) is 7.18. The number of carbonyl (C=O) groups excluding carboxylic acids is 2. The van der Waals surface area contributed by atoms with Crippen LogP contribution >= 0.6 is 0 Å². The number of aryl methyl sites for hydroxylation is 1. The van der Waals surface area contributed by atoms with Crippen molar-refractivity contribution in [2.75, 3.05) is 38.5 Å². The number of anilines is 1. The maximum atomic E-state index is 13.1. The second-order valence-corrected chi connectivity index (χ2v) is 9.51. The van der Waals surface area contributed by atoms with Gasteiger partial charge in [-0.1, -0.05) is 18.2 Å². The Bertz CT molecular complexity index is 1380. The monoisotopic (exact) mass is 496 g/mol. The van der Waals surface area contributed by atoms with Crippen molar-refractivity contribution in [2.24, 2.45) is 0 Å².